The van der Waals surface area contributed by atoms with Crippen molar-refractivity contribution in [2.75, 3.05) is 31.8 Å². The van der Waals surface area contributed by atoms with Crippen molar-refractivity contribution < 1.29 is 14.3 Å². The van der Waals surface area contributed by atoms with Crippen molar-refractivity contribution in [3.8, 4) is 11.5 Å². The summed E-state index contributed by atoms with van der Waals surface area (Å²) in [4.78, 5) is 16.7. The Kier molecular flexibility index (Phi) is 5.44. The molecule has 0 N–H and O–H groups in total. The molecule has 0 aliphatic carbocycles. The van der Waals surface area contributed by atoms with E-state index in [9.17, 15) is 4.79 Å². The Morgan fingerprint density at radius 3 is 2.82 bits per heavy atom. The van der Waals surface area contributed by atoms with Crippen LogP contribution in [-0.2, 0) is 11.3 Å². The molecule has 0 atom stereocenters. The molecule has 2 heterocycles. The molecule has 0 saturated carbocycles. The lowest BCUT2D eigenvalue weighted by molar-refractivity contribution is -0.125. The molecule has 0 unspecified atom stereocenters. The lowest BCUT2D eigenvalue weighted by Gasteiger charge is -2.24. The van der Waals surface area contributed by atoms with Crippen LogP contribution in [0.5, 0.6) is 11.5 Å². The number of fused-ring (bicyclic) bond motifs is 1. The summed E-state index contributed by atoms with van der Waals surface area (Å²) in [6, 6.07) is 11.9. The number of amides is 1. The molecular weight excluding hydrogens is 376 g/mol. The number of hydrogen-bond donors (Lipinski definition) is 0. The van der Waals surface area contributed by atoms with Gasteiger partial charge in [0.15, 0.2) is 11.5 Å². The standard InChI is InChI=1S/C22H23ClN2O3/c1-24(14-17-6-2-3-7-19(17)25-10-4-5-11-25)21(26)9-8-16-12-18(23)22-20(13-16)27-15-28-22/h2-3,6-9,12-13H,4-5,10-11,14-15H2,1H3/b9-8+. The maximum atomic E-state index is 12.6. The number of nitrogens with zero attached hydrogens (tertiary/aromatic N) is 2. The number of anilines is 1. The van der Waals surface area contributed by atoms with Crippen LogP contribution in [0, 0.1) is 0 Å². The summed E-state index contributed by atoms with van der Waals surface area (Å²) in [6.45, 7) is 2.90. The van der Waals surface area contributed by atoms with Crippen molar-refractivity contribution >= 4 is 29.3 Å². The minimum atomic E-state index is -0.0648. The third kappa shape index (κ3) is 3.94. The first-order chi connectivity index (χ1) is 13.6. The zero-order valence-corrected chi connectivity index (χ0v) is 16.6. The van der Waals surface area contributed by atoms with Gasteiger partial charge in [-0.05, 0) is 48.2 Å². The summed E-state index contributed by atoms with van der Waals surface area (Å²) in [5.41, 5.74) is 3.19. The van der Waals surface area contributed by atoms with Crippen LogP contribution in [0.2, 0.25) is 5.02 Å². The monoisotopic (exact) mass is 398 g/mol. The van der Waals surface area contributed by atoms with Gasteiger partial charge in [-0.2, -0.15) is 0 Å². The van der Waals surface area contributed by atoms with Crippen molar-refractivity contribution in [2.24, 2.45) is 0 Å². The molecule has 0 spiro atoms. The van der Waals surface area contributed by atoms with Crippen LogP contribution in [0.15, 0.2) is 42.5 Å². The summed E-state index contributed by atoms with van der Waals surface area (Å²) >= 11 is 6.20. The number of para-hydroxylation sites is 1. The molecule has 2 aromatic rings. The molecule has 0 aromatic heterocycles. The minimum Gasteiger partial charge on any atom is -0.454 e. The van der Waals surface area contributed by atoms with E-state index in [1.807, 2.05) is 19.2 Å². The Morgan fingerprint density at radius 2 is 2.00 bits per heavy atom. The molecule has 5 nitrogen and oxygen atoms in total. The van der Waals surface area contributed by atoms with Gasteiger partial charge < -0.3 is 19.3 Å². The Bertz CT molecular complexity index is 907. The first-order valence-electron chi connectivity index (χ1n) is 9.47. The highest BCUT2D eigenvalue weighted by Crippen LogP contribution is 2.40. The summed E-state index contributed by atoms with van der Waals surface area (Å²) in [5, 5.41) is 0.481. The molecule has 4 rings (SSSR count). The summed E-state index contributed by atoms with van der Waals surface area (Å²) in [5.74, 6) is 1.10. The Balaban J connectivity index is 1.45. The molecule has 1 saturated heterocycles. The Hall–Kier alpha value is -2.66. The van der Waals surface area contributed by atoms with Crippen molar-refractivity contribution in [3.63, 3.8) is 0 Å². The number of likely N-dealkylation sites (N-methyl/N-ethyl adjacent to an activating group) is 1. The van der Waals surface area contributed by atoms with Gasteiger partial charge in [0.2, 0.25) is 12.7 Å². The van der Waals surface area contributed by atoms with Crippen LogP contribution < -0.4 is 14.4 Å². The van der Waals surface area contributed by atoms with E-state index in [0.29, 0.717) is 23.1 Å². The van der Waals surface area contributed by atoms with Gasteiger partial charge in [-0.3, -0.25) is 4.79 Å². The Morgan fingerprint density at radius 1 is 1.21 bits per heavy atom. The smallest absolute Gasteiger partial charge is 0.246 e. The number of benzene rings is 2. The van der Waals surface area contributed by atoms with E-state index in [-0.39, 0.29) is 12.7 Å². The van der Waals surface area contributed by atoms with Crippen LogP contribution in [0.1, 0.15) is 24.0 Å². The predicted molar refractivity (Wildman–Crippen MR) is 111 cm³/mol. The van der Waals surface area contributed by atoms with E-state index < -0.39 is 0 Å². The van der Waals surface area contributed by atoms with Gasteiger partial charge in [-0.25, -0.2) is 0 Å². The fourth-order valence-corrected chi connectivity index (χ4v) is 3.90. The molecule has 6 heteroatoms. The van der Waals surface area contributed by atoms with Crippen LogP contribution in [0.3, 0.4) is 0 Å². The third-order valence-electron chi connectivity index (χ3n) is 5.09. The van der Waals surface area contributed by atoms with Gasteiger partial charge in [0.1, 0.15) is 0 Å². The van der Waals surface area contributed by atoms with Gasteiger partial charge in [0.05, 0.1) is 5.02 Å². The van der Waals surface area contributed by atoms with E-state index in [4.69, 9.17) is 21.1 Å². The summed E-state index contributed by atoms with van der Waals surface area (Å²) < 4.78 is 10.7. The second-order valence-corrected chi connectivity index (χ2v) is 7.49. The fourth-order valence-electron chi connectivity index (χ4n) is 3.62. The van der Waals surface area contributed by atoms with E-state index in [1.54, 1.807) is 23.1 Å². The van der Waals surface area contributed by atoms with Crippen molar-refractivity contribution in [1.82, 2.24) is 4.90 Å². The quantitative estimate of drug-likeness (QED) is 0.702. The number of hydrogen-bond acceptors (Lipinski definition) is 4. The minimum absolute atomic E-state index is 0.0648. The number of carbonyl (C=O) groups excluding carboxylic acids is 1. The summed E-state index contributed by atoms with van der Waals surface area (Å²) in [7, 11) is 1.82. The van der Waals surface area contributed by atoms with E-state index in [0.717, 1.165) is 18.7 Å². The predicted octanol–water partition coefficient (Wildman–Crippen LogP) is 4.34. The molecule has 146 valence electrons. The first-order valence-corrected chi connectivity index (χ1v) is 9.85. The normalized spacial score (nSPS) is 15.4. The number of rotatable bonds is 5. The van der Waals surface area contributed by atoms with Gasteiger partial charge >= 0.3 is 0 Å². The molecule has 2 aliphatic rings. The molecule has 0 bridgehead atoms. The van der Waals surface area contributed by atoms with Gasteiger partial charge in [0, 0.05) is 38.4 Å². The van der Waals surface area contributed by atoms with Crippen LogP contribution in [-0.4, -0.2) is 37.7 Å². The highest BCUT2D eigenvalue weighted by atomic mass is 35.5. The zero-order chi connectivity index (χ0) is 19.5. The number of ether oxygens (including phenoxy) is 2. The van der Waals surface area contributed by atoms with Crippen molar-refractivity contribution in [1.29, 1.82) is 0 Å². The zero-order valence-electron chi connectivity index (χ0n) is 15.9. The second-order valence-electron chi connectivity index (χ2n) is 7.09. The van der Waals surface area contributed by atoms with Gasteiger partial charge in [-0.15, -0.1) is 0 Å². The Labute approximate surface area is 170 Å². The number of carbonyl (C=O) groups is 1. The molecule has 28 heavy (non-hydrogen) atoms. The SMILES string of the molecule is CN(Cc1ccccc1N1CCCC1)C(=O)/C=C/c1cc(Cl)c2c(c1)OCO2. The topological polar surface area (TPSA) is 42.0 Å². The molecule has 1 fully saturated rings. The van der Waals surface area contributed by atoms with Crippen LogP contribution in [0.4, 0.5) is 5.69 Å². The molecule has 1 amide bonds. The van der Waals surface area contributed by atoms with E-state index in [1.165, 1.54) is 24.1 Å². The third-order valence-corrected chi connectivity index (χ3v) is 5.37. The highest BCUT2D eigenvalue weighted by molar-refractivity contribution is 6.32. The van der Waals surface area contributed by atoms with Crippen molar-refractivity contribution in [3.05, 3.63) is 58.6 Å². The first kappa shape index (κ1) is 18.7. The number of halogens is 1. The molecular formula is C22H23ClN2O3. The lowest BCUT2D eigenvalue weighted by atomic mass is 10.1. The van der Waals surface area contributed by atoms with E-state index in [2.05, 4.69) is 23.1 Å². The van der Waals surface area contributed by atoms with Gasteiger partial charge in [-0.1, -0.05) is 29.8 Å². The van der Waals surface area contributed by atoms with Crippen LogP contribution >= 0.6 is 11.6 Å². The van der Waals surface area contributed by atoms with Crippen LogP contribution in [0.25, 0.3) is 6.08 Å². The maximum absolute atomic E-state index is 12.6. The van der Waals surface area contributed by atoms with E-state index >= 15 is 0 Å². The van der Waals surface area contributed by atoms with Crippen molar-refractivity contribution in [2.45, 2.75) is 19.4 Å². The fraction of sp³-hybridized carbons (Fsp3) is 0.318. The highest BCUT2D eigenvalue weighted by Gasteiger charge is 2.19. The molecule has 2 aromatic carbocycles. The second kappa shape index (κ2) is 8.15. The lowest BCUT2D eigenvalue weighted by Crippen LogP contribution is -2.26. The largest absolute Gasteiger partial charge is 0.454 e. The average Bonchev–Trinajstić information content (AvgIpc) is 3.38. The maximum Gasteiger partial charge on any atom is 0.246 e. The van der Waals surface area contributed by atoms with Gasteiger partial charge in [0.25, 0.3) is 0 Å². The molecule has 0 radical (unpaired) electrons. The molecule has 2 aliphatic heterocycles. The summed E-state index contributed by atoms with van der Waals surface area (Å²) in [6.07, 6.45) is 5.76. The average molecular weight is 399 g/mol.